The molecule has 102 valence electrons. The van der Waals surface area contributed by atoms with Crippen molar-refractivity contribution in [1.82, 2.24) is 9.78 Å². The molecule has 1 aromatic rings. The van der Waals surface area contributed by atoms with Crippen LogP contribution in [0, 0.1) is 0 Å². The topological polar surface area (TPSA) is 53.4 Å². The first-order valence-corrected chi connectivity index (χ1v) is 6.70. The highest BCUT2D eigenvalue weighted by atomic mass is 79.9. The Kier molecular flexibility index (Phi) is 5.98. The number of carbonyl (C=O) groups is 1. The monoisotopic (exact) mass is 318 g/mol. The molecular formula is C12H19BrN2O3. The molecule has 0 amide bonds. The van der Waals surface area contributed by atoms with Crippen LogP contribution in [0.25, 0.3) is 0 Å². The van der Waals surface area contributed by atoms with Crippen molar-refractivity contribution in [1.29, 1.82) is 0 Å². The molecule has 0 aliphatic rings. The Balaban J connectivity index is 2.96. The third-order valence-electron chi connectivity index (χ3n) is 2.73. The second-order valence-corrected chi connectivity index (χ2v) is 4.62. The lowest BCUT2D eigenvalue weighted by Gasteiger charge is -2.12. The molecule has 0 N–H and O–H groups in total. The number of hydrogen-bond acceptors (Lipinski definition) is 4. The minimum atomic E-state index is -0.817. The van der Waals surface area contributed by atoms with Crippen LogP contribution in [-0.2, 0) is 33.7 Å². The van der Waals surface area contributed by atoms with Gasteiger partial charge in [-0.15, -0.1) is 0 Å². The van der Waals surface area contributed by atoms with E-state index in [1.54, 1.807) is 0 Å². The summed E-state index contributed by atoms with van der Waals surface area (Å²) in [5, 5.41) is 4.45. The average molecular weight is 319 g/mol. The zero-order chi connectivity index (χ0) is 13.7. The van der Waals surface area contributed by atoms with E-state index in [1.165, 1.54) is 14.2 Å². The quantitative estimate of drug-likeness (QED) is 0.721. The van der Waals surface area contributed by atoms with Gasteiger partial charge in [0.2, 0.25) is 6.29 Å². The van der Waals surface area contributed by atoms with Gasteiger partial charge >= 0.3 is 0 Å². The van der Waals surface area contributed by atoms with Crippen molar-refractivity contribution >= 4 is 21.7 Å². The molecule has 0 unspecified atom stereocenters. The normalized spacial score (nSPS) is 11.2. The predicted octanol–water partition coefficient (Wildman–Crippen LogP) is 1.96. The molecule has 1 heterocycles. The standard InChI is InChI=1S/C12H19BrN2O3/c1-5-8-11(13)9(15(6-2)14-8)7-10(16)12(17-3)18-4/h12H,5-7H2,1-4H3. The van der Waals surface area contributed by atoms with Crippen LogP contribution < -0.4 is 0 Å². The van der Waals surface area contributed by atoms with Gasteiger partial charge in [0.1, 0.15) is 0 Å². The summed E-state index contributed by atoms with van der Waals surface area (Å²) in [6.45, 7) is 4.76. The highest BCUT2D eigenvalue weighted by Gasteiger charge is 2.22. The SMILES string of the molecule is CCc1nn(CC)c(CC(=O)C(OC)OC)c1Br. The minimum Gasteiger partial charge on any atom is -0.349 e. The summed E-state index contributed by atoms with van der Waals surface area (Å²) in [4.78, 5) is 12.0. The van der Waals surface area contributed by atoms with Gasteiger partial charge in [0, 0.05) is 20.8 Å². The lowest BCUT2D eigenvalue weighted by Crippen LogP contribution is -2.27. The Morgan fingerprint density at radius 1 is 1.39 bits per heavy atom. The number of ether oxygens (including phenoxy) is 2. The zero-order valence-electron chi connectivity index (χ0n) is 11.2. The van der Waals surface area contributed by atoms with E-state index in [4.69, 9.17) is 9.47 Å². The third kappa shape index (κ3) is 3.18. The van der Waals surface area contributed by atoms with Crippen molar-refractivity contribution in [2.24, 2.45) is 0 Å². The molecule has 6 heteroatoms. The van der Waals surface area contributed by atoms with E-state index in [1.807, 2.05) is 18.5 Å². The number of methoxy groups -OCH3 is 2. The molecule has 0 saturated heterocycles. The highest BCUT2D eigenvalue weighted by molar-refractivity contribution is 9.10. The van der Waals surface area contributed by atoms with Crippen molar-refractivity contribution in [3.63, 3.8) is 0 Å². The van der Waals surface area contributed by atoms with Gasteiger partial charge in [-0.05, 0) is 29.3 Å². The lowest BCUT2D eigenvalue weighted by atomic mass is 10.2. The first kappa shape index (κ1) is 15.3. The van der Waals surface area contributed by atoms with E-state index < -0.39 is 6.29 Å². The Labute approximate surface area is 116 Å². The van der Waals surface area contributed by atoms with Gasteiger partial charge in [-0.25, -0.2) is 0 Å². The van der Waals surface area contributed by atoms with Crippen LogP contribution in [0.3, 0.4) is 0 Å². The van der Waals surface area contributed by atoms with Gasteiger partial charge in [-0.3, -0.25) is 9.48 Å². The number of rotatable bonds is 7. The van der Waals surface area contributed by atoms with Gasteiger partial charge in [-0.1, -0.05) is 6.92 Å². The number of hydrogen-bond donors (Lipinski definition) is 0. The maximum absolute atomic E-state index is 12.0. The molecule has 0 aliphatic carbocycles. The fourth-order valence-electron chi connectivity index (χ4n) is 1.79. The van der Waals surface area contributed by atoms with Gasteiger partial charge < -0.3 is 9.47 Å². The summed E-state index contributed by atoms with van der Waals surface area (Å²) in [5.41, 5.74) is 1.84. The van der Waals surface area contributed by atoms with Crippen LogP contribution in [0.4, 0.5) is 0 Å². The van der Waals surface area contributed by atoms with Crippen LogP contribution in [-0.4, -0.2) is 36.1 Å². The van der Waals surface area contributed by atoms with Crippen molar-refractivity contribution in [3.05, 3.63) is 15.9 Å². The number of halogens is 1. The maximum atomic E-state index is 12.0. The molecule has 0 saturated carbocycles. The molecule has 0 radical (unpaired) electrons. The van der Waals surface area contributed by atoms with Crippen molar-refractivity contribution in [2.45, 2.75) is 39.5 Å². The number of nitrogens with zero attached hydrogens (tertiary/aromatic N) is 2. The predicted molar refractivity (Wildman–Crippen MR) is 71.5 cm³/mol. The third-order valence-corrected chi connectivity index (χ3v) is 3.64. The number of carbonyl (C=O) groups excluding carboxylic acids is 1. The fourth-order valence-corrected chi connectivity index (χ4v) is 2.50. The Morgan fingerprint density at radius 2 is 2.00 bits per heavy atom. The Hall–Kier alpha value is -0.720. The molecule has 0 spiro atoms. The molecule has 0 aliphatic heterocycles. The number of ketones is 1. The van der Waals surface area contributed by atoms with E-state index in [0.29, 0.717) is 0 Å². The molecule has 1 aromatic heterocycles. The average Bonchev–Trinajstić information content (AvgIpc) is 2.68. The first-order valence-electron chi connectivity index (χ1n) is 5.91. The van der Waals surface area contributed by atoms with E-state index in [9.17, 15) is 4.79 Å². The Bertz CT molecular complexity index is 414. The molecular weight excluding hydrogens is 300 g/mol. The summed E-state index contributed by atoms with van der Waals surface area (Å²) >= 11 is 3.51. The van der Waals surface area contributed by atoms with Gasteiger partial charge in [0.15, 0.2) is 5.78 Å². The number of aryl methyl sites for hydroxylation is 2. The Morgan fingerprint density at radius 3 is 2.44 bits per heavy atom. The zero-order valence-corrected chi connectivity index (χ0v) is 12.8. The second kappa shape index (κ2) is 7.01. The van der Waals surface area contributed by atoms with Gasteiger partial charge in [-0.2, -0.15) is 5.10 Å². The van der Waals surface area contributed by atoms with Crippen LogP contribution in [0.1, 0.15) is 25.2 Å². The van der Waals surface area contributed by atoms with E-state index in [-0.39, 0.29) is 12.2 Å². The summed E-state index contributed by atoms with van der Waals surface area (Å²) in [5.74, 6) is -0.113. The van der Waals surface area contributed by atoms with E-state index in [2.05, 4.69) is 21.0 Å². The number of Topliss-reactive ketones (excluding diaryl/α,β-unsaturated/α-hetero) is 1. The maximum Gasteiger partial charge on any atom is 0.217 e. The molecule has 18 heavy (non-hydrogen) atoms. The van der Waals surface area contributed by atoms with Crippen molar-refractivity contribution in [3.8, 4) is 0 Å². The van der Waals surface area contributed by atoms with Crippen LogP contribution >= 0.6 is 15.9 Å². The molecule has 0 fully saturated rings. The van der Waals surface area contributed by atoms with Gasteiger partial charge in [0.25, 0.3) is 0 Å². The van der Waals surface area contributed by atoms with E-state index >= 15 is 0 Å². The molecule has 0 aromatic carbocycles. The molecule has 0 atom stereocenters. The van der Waals surface area contributed by atoms with E-state index in [0.717, 1.165) is 28.8 Å². The fraction of sp³-hybridized carbons (Fsp3) is 0.667. The molecule has 0 bridgehead atoms. The van der Waals surface area contributed by atoms with Gasteiger partial charge in [0.05, 0.1) is 22.3 Å². The van der Waals surface area contributed by atoms with Crippen LogP contribution in [0.5, 0.6) is 0 Å². The molecule has 5 nitrogen and oxygen atoms in total. The van der Waals surface area contributed by atoms with Crippen molar-refractivity contribution in [2.75, 3.05) is 14.2 Å². The van der Waals surface area contributed by atoms with Crippen molar-refractivity contribution < 1.29 is 14.3 Å². The minimum absolute atomic E-state index is 0.113. The summed E-state index contributed by atoms with van der Waals surface area (Å²) in [6.07, 6.45) is 0.253. The largest absolute Gasteiger partial charge is 0.349 e. The first-order chi connectivity index (χ1) is 8.58. The second-order valence-electron chi connectivity index (χ2n) is 3.82. The van der Waals surface area contributed by atoms with Crippen LogP contribution in [0.15, 0.2) is 4.47 Å². The number of aromatic nitrogens is 2. The molecule has 1 rings (SSSR count). The van der Waals surface area contributed by atoms with Crippen LogP contribution in [0.2, 0.25) is 0 Å². The lowest BCUT2D eigenvalue weighted by molar-refractivity contribution is -0.156. The summed E-state index contributed by atoms with van der Waals surface area (Å²) in [6, 6.07) is 0. The highest BCUT2D eigenvalue weighted by Crippen LogP contribution is 2.23. The summed E-state index contributed by atoms with van der Waals surface area (Å²) in [7, 11) is 2.91. The summed E-state index contributed by atoms with van der Waals surface area (Å²) < 4.78 is 12.7. The smallest absolute Gasteiger partial charge is 0.217 e.